The molecule has 45 heavy (non-hydrogen) atoms. The predicted molar refractivity (Wildman–Crippen MR) is 176 cm³/mol. The second kappa shape index (κ2) is 16.3. The van der Waals surface area contributed by atoms with Gasteiger partial charge in [0.2, 0.25) is 5.43 Å². The Morgan fingerprint density at radius 3 is 2.22 bits per heavy atom. The van der Waals surface area contributed by atoms with E-state index >= 15 is 0 Å². The second-order valence-electron chi connectivity index (χ2n) is 10.0. The van der Waals surface area contributed by atoms with Crippen LogP contribution < -0.4 is 14.9 Å². The Labute approximate surface area is 303 Å². The van der Waals surface area contributed by atoms with Gasteiger partial charge in [0, 0.05) is 30.0 Å². The Hall–Kier alpha value is -3.31. The van der Waals surface area contributed by atoms with Gasteiger partial charge in [-0.2, -0.15) is 0 Å². The maximum absolute atomic E-state index is 13.2. The van der Waals surface area contributed by atoms with Crippen molar-refractivity contribution in [1.29, 1.82) is 0 Å². The van der Waals surface area contributed by atoms with E-state index in [1.165, 1.54) is 24.3 Å². The molecule has 0 atom stereocenters. The summed E-state index contributed by atoms with van der Waals surface area (Å²) < 4.78 is 18.0. The number of hydrogen-bond donors (Lipinski definition) is 3. The van der Waals surface area contributed by atoms with Gasteiger partial charge in [-0.15, -0.1) is 0 Å². The molecule has 3 N–H and O–H groups in total. The fraction of sp³-hybridized carbons (Fsp3) is 0.206. The molecule has 0 spiro atoms. The molecular formula is C34H32Na2O9. The van der Waals surface area contributed by atoms with Crippen molar-refractivity contribution in [1.82, 2.24) is 0 Å². The Balaban J connectivity index is 0.00000276. The average Bonchev–Trinajstić information content (AvgIpc) is 3.00. The standard InChI is InChI=1S/C34H30O9.2Na.2H/c1-2-20-17-25(21-7-4-3-5-8-21)27(35)19-30(20)42-16-6-15-41-28-13-10-24-32(38)26-18-22(34(39)40)9-12-29(26)43-33(24)23(28)11-14-31(36)37;;;;/h3-5,7-10,12-13,17-19,35H,2,6,11,14-16H2,1H3,(H,36,37)(H,39,40);;;;. The van der Waals surface area contributed by atoms with Crippen LogP contribution in [0.3, 0.4) is 0 Å². The zero-order valence-electron chi connectivity index (χ0n) is 23.5. The summed E-state index contributed by atoms with van der Waals surface area (Å²) in [6.45, 7) is 2.56. The monoisotopic (exact) mass is 630 g/mol. The van der Waals surface area contributed by atoms with Crippen LogP contribution in [0.15, 0.2) is 82.0 Å². The van der Waals surface area contributed by atoms with Crippen molar-refractivity contribution in [2.75, 3.05) is 13.2 Å². The number of aromatic carboxylic acids is 1. The van der Waals surface area contributed by atoms with E-state index in [2.05, 4.69) is 0 Å². The molecule has 5 rings (SSSR count). The van der Waals surface area contributed by atoms with Crippen molar-refractivity contribution in [2.24, 2.45) is 0 Å². The van der Waals surface area contributed by atoms with Crippen LogP contribution in [-0.2, 0) is 17.6 Å². The number of rotatable bonds is 12. The predicted octanol–water partition coefficient (Wildman–Crippen LogP) is 5.15. The van der Waals surface area contributed by atoms with Gasteiger partial charge in [0.25, 0.3) is 0 Å². The molecule has 0 saturated carbocycles. The van der Waals surface area contributed by atoms with E-state index in [1.807, 2.05) is 43.3 Å². The van der Waals surface area contributed by atoms with Gasteiger partial charge in [-0.3, -0.25) is 9.59 Å². The van der Waals surface area contributed by atoms with E-state index in [1.54, 1.807) is 12.1 Å². The molecule has 0 aliphatic rings. The molecule has 5 aromatic rings. The van der Waals surface area contributed by atoms with Crippen LogP contribution in [0, 0.1) is 0 Å². The van der Waals surface area contributed by atoms with Gasteiger partial charge >= 0.3 is 71.1 Å². The molecule has 0 aliphatic heterocycles. The van der Waals surface area contributed by atoms with Crippen LogP contribution in [0.2, 0.25) is 0 Å². The number of fused-ring (bicyclic) bond motifs is 2. The molecule has 4 aromatic carbocycles. The molecule has 1 aromatic heterocycles. The van der Waals surface area contributed by atoms with E-state index < -0.39 is 17.4 Å². The van der Waals surface area contributed by atoms with Crippen molar-refractivity contribution in [2.45, 2.75) is 32.6 Å². The van der Waals surface area contributed by atoms with Crippen LogP contribution in [-0.4, -0.2) is 99.6 Å². The minimum absolute atomic E-state index is 0. The summed E-state index contributed by atoms with van der Waals surface area (Å²) >= 11 is 0. The van der Waals surface area contributed by atoms with E-state index in [0.29, 0.717) is 36.5 Å². The maximum atomic E-state index is 13.2. The van der Waals surface area contributed by atoms with Crippen molar-refractivity contribution in [3.05, 3.63) is 99.7 Å². The number of carbonyl (C=O) groups is 2. The summed E-state index contributed by atoms with van der Waals surface area (Å²) in [7, 11) is 0. The Morgan fingerprint density at radius 1 is 0.844 bits per heavy atom. The number of aliphatic carboxylic acids is 1. The van der Waals surface area contributed by atoms with E-state index in [0.717, 1.165) is 16.7 Å². The Morgan fingerprint density at radius 2 is 1.56 bits per heavy atom. The van der Waals surface area contributed by atoms with Gasteiger partial charge in [0.05, 0.1) is 29.5 Å². The van der Waals surface area contributed by atoms with Crippen LogP contribution in [0.4, 0.5) is 0 Å². The molecule has 0 aliphatic carbocycles. The molecule has 11 heteroatoms. The fourth-order valence-electron chi connectivity index (χ4n) is 4.99. The zero-order valence-corrected chi connectivity index (χ0v) is 23.5. The summed E-state index contributed by atoms with van der Waals surface area (Å²) in [4.78, 5) is 36.0. The molecule has 0 fully saturated rings. The van der Waals surface area contributed by atoms with Gasteiger partial charge in [0.15, 0.2) is 0 Å². The molecule has 0 amide bonds. The second-order valence-corrected chi connectivity index (χ2v) is 10.0. The number of phenolic OH excluding ortho intramolecular Hbond substituents is 1. The topological polar surface area (TPSA) is 144 Å². The summed E-state index contributed by atoms with van der Waals surface area (Å²) in [6.07, 6.45) is 1.06. The third kappa shape index (κ3) is 8.30. The first-order valence-electron chi connectivity index (χ1n) is 13.9. The van der Waals surface area contributed by atoms with E-state index in [-0.39, 0.29) is 112 Å². The SMILES string of the molecule is CCc1cc(-c2ccccc2)c(O)cc1OCCCOc1ccc2c(=O)c3cc(C(=O)O)ccc3oc2c1CCC(=O)O.[NaH].[NaH]. The normalized spacial score (nSPS) is 10.6. The van der Waals surface area contributed by atoms with Crippen molar-refractivity contribution in [3.8, 4) is 28.4 Å². The van der Waals surface area contributed by atoms with Gasteiger partial charge in [-0.25, -0.2) is 4.79 Å². The molecule has 9 nitrogen and oxygen atoms in total. The third-order valence-electron chi connectivity index (χ3n) is 7.18. The molecule has 224 valence electrons. The van der Waals surface area contributed by atoms with E-state index in [9.17, 15) is 29.7 Å². The zero-order chi connectivity index (χ0) is 30.5. The third-order valence-corrected chi connectivity index (χ3v) is 7.18. The number of benzene rings is 4. The number of ether oxygens (including phenoxy) is 2. The Kier molecular flexibility index (Phi) is 13.1. The van der Waals surface area contributed by atoms with Crippen molar-refractivity contribution >= 4 is 93.0 Å². The number of carboxylic acid groups (broad SMARTS) is 2. The van der Waals surface area contributed by atoms with E-state index in [4.69, 9.17) is 13.9 Å². The first-order valence-corrected chi connectivity index (χ1v) is 13.9. The number of phenols is 1. The number of carboxylic acids is 2. The summed E-state index contributed by atoms with van der Waals surface area (Å²) in [5.41, 5.74) is 3.00. The summed E-state index contributed by atoms with van der Waals surface area (Å²) in [5, 5.41) is 29.6. The summed E-state index contributed by atoms with van der Waals surface area (Å²) in [6, 6.07) is 20.3. The van der Waals surface area contributed by atoms with Crippen LogP contribution in [0.5, 0.6) is 17.2 Å². The quantitative estimate of drug-likeness (QED) is 0.0969. The summed E-state index contributed by atoms with van der Waals surface area (Å²) in [5.74, 6) is -1.08. The van der Waals surface area contributed by atoms with Crippen molar-refractivity contribution in [3.63, 3.8) is 0 Å². The average molecular weight is 631 g/mol. The molecule has 0 saturated heterocycles. The van der Waals surface area contributed by atoms with Gasteiger partial charge in [-0.1, -0.05) is 37.3 Å². The first kappa shape index (κ1) is 36.2. The first-order chi connectivity index (χ1) is 20.8. The fourth-order valence-corrected chi connectivity index (χ4v) is 4.99. The molecule has 0 unspecified atom stereocenters. The van der Waals surface area contributed by atoms with Gasteiger partial charge < -0.3 is 29.2 Å². The van der Waals surface area contributed by atoms with Crippen LogP contribution in [0.1, 0.15) is 41.3 Å². The molecule has 1 heterocycles. The van der Waals surface area contributed by atoms with Gasteiger partial charge in [0.1, 0.15) is 28.4 Å². The van der Waals surface area contributed by atoms with Crippen LogP contribution >= 0.6 is 0 Å². The van der Waals surface area contributed by atoms with Crippen molar-refractivity contribution < 1.29 is 38.8 Å². The molecule has 0 bridgehead atoms. The molecule has 0 radical (unpaired) electrons. The van der Waals surface area contributed by atoms with Crippen LogP contribution in [0.25, 0.3) is 33.1 Å². The number of aromatic hydroxyl groups is 1. The molecular weight excluding hydrogens is 598 g/mol. The van der Waals surface area contributed by atoms with Gasteiger partial charge in [-0.05, 0) is 60.4 Å². The minimum atomic E-state index is -1.16. The number of hydrogen-bond acceptors (Lipinski definition) is 7. The Bertz CT molecular complexity index is 1890. The number of aryl methyl sites for hydroxylation is 2.